The quantitative estimate of drug-likeness (QED) is 0.797. The number of carbonyl (C=O) groups excluding carboxylic acids is 2. The number of ether oxygens (including phenoxy) is 1. The minimum atomic E-state index is -0.364. The normalized spacial score (nSPS) is 21.1. The van der Waals surface area contributed by atoms with Gasteiger partial charge in [-0.2, -0.15) is 5.10 Å². The number of thiophene rings is 1. The molecule has 0 saturated carbocycles. The zero-order valence-corrected chi connectivity index (χ0v) is 14.9. The van der Waals surface area contributed by atoms with Crippen molar-refractivity contribution in [2.45, 2.75) is 32.4 Å². The molecule has 3 rings (SSSR count). The van der Waals surface area contributed by atoms with Crippen molar-refractivity contribution in [3.63, 3.8) is 0 Å². The van der Waals surface area contributed by atoms with Crippen LogP contribution in [-0.4, -0.2) is 33.6 Å². The van der Waals surface area contributed by atoms with Crippen LogP contribution in [0.5, 0.6) is 0 Å². The van der Waals surface area contributed by atoms with E-state index in [1.807, 2.05) is 31.6 Å². The molecule has 7 heteroatoms. The van der Waals surface area contributed by atoms with Gasteiger partial charge in [-0.1, -0.05) is 0 Å². The maximum atomic E-state index is 12.7. The topological polar surface area (TPSA) is 64.4 Å². The molecule has 0 aromatic carbocycles. The molecule has 3 heterocycles. The van der Waals surface area contributed by atoms with E-state index in [9.17, 15) is 9.59 Å². The Balaban J connectivity index is 1.77. The summed E-state index contributed by atoms with van der Waals surface area (Å²) in [5.41, 5.74) is 2.00. The van der Waals surface area contributed by atoms with Crippen LogP contribution in [0.1, 0.15) is 34.9 Å². The van der Waals surface area contributed by atoms with Gasteiger partial charge in [-0.25, -0.2) is 0 Å². The largest absolute Gasteiger partial charge is 0.460 e. The van der Waals surface area contributed by atoms with Crippen LogP contribution in [-0.2, 0) is 28.0 Å². The Kier molecular flexibility index (Phi) is 4.71. The lowest BCUT2D eigenvalue weighted by atomic mass is 9.86. The van der Waals surface area contributed by atoms with Crippen LogP contribution in [0.4, 0.5) is 0 Å². The molecule has 1 amide bonds. The number of carbonyl (C=O) groups is 2. The first-order valence-electron chi connectivity index (χ1n) is 7.91. The zero-order chi connectivity index (χ0) is 17.3. The lowest BCUT2D eigenvalue weighted by molar-refractivity contribution is -0.157. The number of aryl methyl sites for hydroxylation is 2. The first-order chi connectivity index (χ1) is 11.5. The van der Waals surface area contributed by atoms with E-state index < -0.39 is 0 Å². The molecule has 0 N–H and O–H groups in total. The summed E-state index contributed by atoms with van der Waals surface area (Å²) in [6, 6.07) is 1.69. The van der Waals surface area contributed by atoms with Gasteiger partial charge in [0.25, 0.3) is 0 Å². The van der Waals surface area contributed by atoms with Gasteiger partial charge in [0.15, 0.2) is 0 Å². The highest BCUT2D eigenvalue weighted by atomic mass is 32.1. The molecule has 128 valence electrons. The molecule has 2 atom stereocenters. The third-order valence-corrected chi connectivity index (χ3v) is 5.54. The number of aromatic nitrogens is 2. The standard InChI is InChI=1S/C17H21N3O3S/c1-11-6-7-24-14(11)10-23-17(22)13-4-5-15(21)20(3)16(13)12-8-18-19(2)9-12/h6-9,13,16H,4-5,10H2,1-3H3/t13-,16-/m0/s1. The number of hydrogen-bond donors (Lipinski definition) is 0. The molecule has 1 saturated heterocycles. The third kappa shape index (κ3) is 3.21. The van der Waals surface area contributed by atoms with Crippen molar-refractivity contribution in [1.29, 1.82) is 0 Å². The third-order valence-electron chi connectivity index (χ3n) is 4.54. The summed E-state index contributed by atoms with van der Waals surface area (Å²) in [5, 5.41) is 6.16. The van der Waals surface area contributed by atoms with Gasteiger partial charge in [0.1, 0.15) is 6.61 Å². The highest BCUT2D eigenvalue weighted by Gasteiger charge is 2.40. The molecule has 2 aromatic heterocycles. The Hall–Kier alpha value is -2.15. The van der Waals surface area contributed by atoms with Gasteiger partial charge in [0.2, 0.25) is 5.91 Å². The van der Waals surface area contributed by atoms with Crippen molar-refractivity contribution >= 4 is 23.2 Å². The second kappa shape index (κ2) is 6.76. The maximum Gasteiger partial charge on any atom is 0.311 e. The minimum absolute atomic E-state index is 0.0435. The Morgan fingerprint density at radius 1 is 1.46 bits per heavy atom. The molecule has 1 aliphatic rings. The molecule has 24 heavy (non-hydrogen) atoms. The first kappa shape index (κ1) is 16.7. The lowest BCUT2D eigenvalue weighted by Gasteiger charge is -2.37. The summed E-state index contributed by atoms with van der Waals surface area (Å²) in [6.45, 7) is 2.29. The van der Waals surface area contributed by atoms with E-state index in [-0.39, 0.29) is 30.4 Å². The van der Waals surface area contributed by atoms with E-state index in [1.165, 1.54) is 0 Å². The molecule has 0 bridgehead atoms. The van der Waals surface area contributed by atoms with Crippen molar-refractivity contribution in [3.05, 3.63) is 39.8 Å². The van der Waals surface area contributed by atoms with Crippen LogP contribution in [0.2, 0.25) is 0 Å². The molecule has 0 radical (unpaired) electrons. The van der Waals surface area contributed by atoms with E-state index in [4.69, 9.17) is 4.74 Å². The van der Waals surface area contributed by atoms with Gasteiger partial charge >= 0.3 is 5.97 Å². The van der Waals surface area contributed by atoms with E-state index in [0.29, 0.717) is 12.8 Å². The number of amides is 1. The van der Waals surface area contributed by atoms with Crippen LogP contribution < -0.4 is 0 Å². The van der Waals surface area contributed by atoms with Crippen LogP contribution in [0.15, 0.2) is 23.8 Å². The highest BCUT2D eigenvalue weighted by molar-refractivity contribution is 7.10. The fraction of sp³-hybridized carbons (Fsp3) is 0.471. The second-order valence-electron chi connectivity index (χ2n) is 6.18. The van der Waals surface area contributed by atoms with Gasteiger partial charge < -0.3 is 9.64 Å². The summed E-state index contributed by atoms with van der Waals surface area (Å²) in [4.78, 5) is 27.5. The lowest BCUT2D eigenvalue weighted by Crippen LogP contribution is -2.43. The van der Waals surface area contributed by atoms with Crippen LogP contribution >= 0.6 is 11.3 Å². The summed E-state index contributed by atoms with van der Waals surface area (Å²) in [6.07, 6.45) is 4.43. The van der Waals surface area contributed by atoms with E-state index in [1.54, 1.807) is 34.2 Å². The zero-order valence-electron chi connectivity index (χ0n) is 14.1. The number of nitrogens with zero attached hydrogens (tertiary/aromatic N) is 3. The van der Waals surface area contributed by atoms with Crippen LogP contribution in [0, 0.1) is 12.8 Å². The van der Waals surface area contributed by atoms with Gasteiger partial charge in [0, 0.05) is 37.2 Å². The molecule has 6 nitrogen and oxygen atoms in total. The molecule has 2 aromatic rings. The van der Waals surface area contributed by atoms with Crippen LogP contribution in [0.25, 0.3) is 0 Å². The summed E-state index contributed by atoms with van der Waals surface area (Å²) >= 11 is 1.58. The fourth-order valence-corrected chi connectivity index (χ4v) is 3.95. The summed E-state index contributed by atoms with van der Waals surface area (Å²) in [5.74, 6) is -0.574. The van der Waals surface area contributed by atoms with E-state index in [2.05, 4.69) is 5.10 Å². The summed E-state index contributed by atoms with van der Waals surface area (Å²) < 4.78 is 7.24. The van der Waals surface area contributed by atoms with Crippen molar-refractivity contribution in [1.82, 2.24) is 14.7 Å². The highest BCUT2D eigenvalue weighted by Crippen LogP contribution is 2.36. The molecule has 0 spiro atoms. The monoisotopic (exact) mass is 347 g/mol. The predicted octanol–water partition coefficient (Wildman–Crippen LogP) is 2.44. The van der Waals surface area contributed by atoms with Gasteiger partial charge in [0.05, 0.1) is 18.2 Å². The number of likely N-dealkylation sites (tertiary alicyclic amines) is 1. The van der Waals surface area contributed by atoms with Gasteiger partial charge in [-0.3, -0.25) is 14.3 Å². The van der Waals surface area contributed by atoms with Gasteiger partial charge in [-0.15, -0.1) is 11.3 Å². The molecular formula is C17H21N3O3S. The average molecular weight is 347 g/mol. The second-order valence-corrected chi connectivity index (χ2v) is 7.18. The average Bonchev–Trinajstić information content (AvgIpc) is 3.16. The Morgan fingerprint density at radius 2 is 2.25 bits per heavy atom. The van der Waals surface area contributed by atoms with E-state index >= 15 is 0 Å². The first-order valence-corrected chi connectivity index (χ1v) is 8.79. The molecular weight excluding hydrogens is 326 g/mol. The van der Waals surface area contributed by atoms with Gasteiger partial charge in [-0.05, 0) is 30.4 Å². The maximum absolute atomic E-state index is 12.7. The van der Waals surface area contributed by atoms with Crippen LogP contribution in [0.3, 0.4) is 0 Å². The minimum Gasteiger partial charge on any atom is -0.460 e. The number of hydrogen-bond acceptors (Lipinski definition) is 5. The molecule has 0 aliphatic carbocycles. The molecule has 1 aliphatic heterocycles. The number of esters is 1. The molecule has 0 unspecified atom stereocenters. The van der Waals surface area contributed by atoms with E-state index in [0.717, 1.165) is 16.0 Å². The van der Waals surface area contributed by atoms with Crippen molar-refractivity contribution < 1.29 is 14.3 Å². The Morgan fingerprint density at radius 3 is 2.88 bits per heavy atom. The Labute approximate surface area is 145 Å². The SMILES string of the molecule is Cc1ccsc1COC(=O)[C@H]1CCC(=O)N(C)[C@H]1c1cnn(C)c1. The van der Waals surface area contributed by atoms with Crippen molar-refractivity contribution in [2.24, 2.45) is 13.0 Å². The smallest absolute Gasteiger partial charge is 0.311 e. The van der Waals surface area contributed by atoms with Crippen molar-refractivity contribution in [2.75, 3.05) is 7.05 Å². The molecule has 1 fully saturated rings. The predicted molar refractivity (Wildman–Crippen MR) is 90.3 cm³/mol. The summed E-state index contributed by atoms with van der Waals surface area (Å²) in [7, 11) is 3.56. The number of piperidine rings is 1. The van der Waals surface area contributed by atoms with Crippen molar-refractivity contribution in [3.8, 4) is 0 Å². The fourth-order valence-electron chi connectivity index (χ4n) is 3.13. The Bertz CT molecular complexity index is 752. The number of rotatable bonds is 4.